The molecular weight excluding hydrogens is 196 g/mol. The number of rotatable bonds is 0. The van der Waals surface area contributed by atoms with Crippen LogP contribution < -0.4 is 0 Å². The molecule has 92 valence electrons. The Labute approximate surface area is 100 Å². The van der Waals surface area contributed by atoms with Crippen LogP contribution in [-0.2, 0) is 4.74 Å². The van der Waals surface area contributed by atoms with Crippen LogP contribution in [0.3, 0.4) is 0 Å². The van der Waals surface area contributed by atoms with Crippen LogP contribution in [0.2, 0.25) is 0 Å². The highest BCUT2D eigenvalue weighted by molar-refractivity contribution is 5.12. The van der Waals surface area contributed by atoms with Gasteiger partial charge in [-0.05, 0) is 32.1 Å². The fourth-order valence-corrected chi connectivity index (χ4v) is 2.96. The lowest BCUT2D eigenvalue weighted by Gasteiger charge is -2.15. The molecule has 1 fully saturated rings. The summed E-state index contributed by atoms with van der Waals surface area (Å²) in [6.45, 7) is 1.98. The Morgan fingerprint density at radius 2 is 1.69 bits per heavy atom. The number of allylic oxidation sites excluding steroid dienone is 1. The zero-order chi connectivity index (χ0) is 11.1. The minimum atomic E-state index is 0.765. The second kappa shape index (κ2) is 7.11. The second-order valence-corrected chi connectivity index (χ2v) is 5.35. The first kappa shape index (κ1) is 12.2. The highest BCUT2D eigenvalue weighted by atomic mass is 16.5. The van der Waals surface area contributed by atoms with Crippen molar-refractivity contribution < 1.29 is 4.74 Å². The van der Waals surface area contributed by atoms with Crippen LogP contribution in [0, 0.1) is 5.92 Å². The fourth-order valence-electron chi connectivity index (χ4n) is 2.96. The van der Waals surface area contributed by atoms with Gasteiger partial charge in [0.25, 0.3) is 0 Å². The van der Waals surface area contributed by atoms with E-state index >= 15 is 0 Å². The van der Waals surface area contributed by atoms with Crippen molar-refractivity contribution in [2.24, 2.45) is 5.92 Å². The summed E-state index contributed by atoms with van der Waals surface area (Å²) in [5, 5.41) is 0. The highest BCUT2D eigenvalue weighted by Crippen LogP contribution is 2.30. The lowest BCUT2D eigenvalue weighted by atomic mass is 9.97. The van der Waals surface area contributed by atoms with E-state index in [1.165, 1.54) is 64.2 Å². The van der Waals surface area contributed by atoms with Crippen molar-refractivity contribution in [3.63, 3.8) is 0 Å². The number of hydrogen-bond acceptors (Lipinski definition) is 1. The molecule has 1 heterocycles. The first-order chi connectivity index (χ1) is 7.97. The molecule has 1 heteroatoms. The Hall–Kier alpha value is -0.300. The maximum atomic E-state index is 5.82. The van der Waals surface area contributed by atoms with Gasteiger partial charge in [0.2, 0.25) is 0 Å². The van der Waals surface area contributed by atoms with Crippen LogP contribution in [0.1, 0.15) is 64.2 Å². The van der Waals surface area contributed by atoms with Gasteiger partial charge in [-0.15, -0.1) is 0 Å². The van der Waals surface area contributed by atoms with Crippen LogP contribution in [0.25, 0.3) is 0 Å². The van der Waals surface area contributed by atoms with Gasteiger partial charge in [-0.1, -0.05) is 43.8 Å². The molecule has 2 rings (SSSR count). The van der Waals surface area contributed by atoms with Crippen LogP contribution in [0.15, 0.2) is 11.6 Å². The van der Waals surface area contributed by atoms with Crippen LogP contribution >= 0.6 is 0 Å². The normalized spacial score (nSPS) is 29.5. The van der Waals surface area contributed by atoms with Gasteiger partial charge < -0.3 is 4.74 Å². The summed E-state index contributed by atoms with van der Waals surface area (Å²) >= 11 is 0. The molecule has 1 unspecified atom stereocenters. The van der Waals surface area contributed by atoms with Crippen molar-refractivity contribution in [1.29, 1.82) is 0 Å². The van der Waals surface area contributed by atoms with Gasteiger partial charge in [-0.3, -0.25) is 0 Å². The smallest absolute Gasteiger partial charge is 0.0531 e. The average molecular weight is 222 g/mol. The van der Waals surface area contributed by atoms with Gasteiger partial charge in [-0.2, -0.15) is 0 Å². The predicted octanol–water partition coefficient (Wildman–Crippen LogP) is 4.47. The molecular formula is C15H26O. The van der Waals surface area contributed by atoms with Gasteiger partial charge in [0.1, 0.15) is 0 Å². The third kappa shape index (κ3) is 3.93. The monoisotopic (exact) mass is 222 g/mol. The molecule has 16 heavy (non-hydrogen) atoms. The summed E-state index contributed by atoms with van der Waals surface area (Å²) in [6, 6.07) is 0. The molecule has 0 spiro atoms. The second-order valence-electron chi connectivity index (χ2n) is 5.35. The zero-order valence-electron chi connectivity index (χ0n) is 10.5. The Balaban J connectivity index is 1.79. The molecule has 0 aromatic rings. The summed E-state index contributed by atoms with van der Waals surface area (Å²) in [7, 11) is 0. The lowest BCUT2D eigenvalue weighted by molar-refractivity contribution is 0.105. The minimum Gasteiger partial charge on any atom is -0.381 e. The number of ether oxygens (including phenoxy) is 1. The summed E-state index contributed by atoms with van der Waals surface area (Å²) in [4.78, 5) is 0. The van der Waals surface area contributed by atoms with Gasteiger partial charge >= 0.3 is 0 Å². The van der Waals surface area contributed by atoms with Crippen LogP contribution in [-0.4, -0.2) is 13.2 Å². The van der Waals surface area contributed by atoms with Crippen molar-refractivity contribution in [2.75, 3.05) is 13.2 Å². The highest BCUT2D eigenvalue weighted by Gasteiger charge is 2.18. The first-order valence-corrected chi connectivity index (χ1v) is 7.23. The summed E-state index contributed by atoms with van der Waals surface area (Å²) in [5.74, 6) is 0.765. The van der Waals surface area contributed by atoms with E-state index in [1.54, 1.807) is 5.57 Å². The van der Waals surface area contributed by atoms with Gasteiger partial charge in [0.15, 0.2) is 0 Å². The molecule has 2 aliphatic rings. The molecule has 0 radical (unpaired) electrons. The fraction of sp³-hybridized carbons (Fsp3) is 0.867. The Morgan fingerprint density at radius 1 is 0.938 bits per heavy atom. The van der Waals surface area contributed by atoms with Gasteiger partial charge in [0.05, 0.1) is 6.61 Å². The Bertz CT molecular complexity index is 219. The molecule has 1 aliphatic heterocycles. The van der Waals surface area contributed by atoms with E-state index < -0.39 is 0 Å². The van der Waals surface area contributed by atoms with Crippen LogP contribution in [0.5, 0.6) is 0 Å². The SMILES string of the molecule is C1=C2CCCCCCCCCOCC2CC1. The molecule has 0 bridgehead atoms. The van der Waals surface area contributed by atoms with Gasteiger partial charge in [-0.25, -0.2) is 0 Å². The minimum absolute atomic E-state index is 0.765. The summed E-state index contributed by atoms with van der Waals surface area (Å²) in [5.41, 5.74) is 1.71. The quantitative estimate of drug-likeness (QED) is 0.549. The molecule has 0 N–H and O–H groups in total. The Morgan fingerprint density at radius 3 is 2.56 bits per heavy atom. The molecule has 1 aliphatic carbocycles. The van der Waals surface area contributed by atoms with E-state index in [1.807, 2.05) is 0 Å². The van der Waals surface area contributed by atoms with E-state index in [0.717, 1.165) is 19.1 Å². The van der Waals surface area contributed by atoms with Crippen LogP contribution in [0.4, 0.5) is 0 Å². The molecule has 0 saturated carbocycles. The molecule has 0 amide bonds. The topological polar surface area (TPSA) is 9.23 Å². The largest absolute Gasteiger partial charge is 0.381 e. The third-order valence-electron chi connectivity index (χ3n) is 4.02. The van der Waals surface area contributed by atoms with E-state index in [0.29, 0.717) is 0 Å². The molecule has 1 saturated heterocycles. The molecule has 1 atom stereocenters. The molecule has 0 aromatic heterocycles. The molecule has 0 aromatic carbocycles. The van der Waals surface area contributed by atoms with E-state index in [4.69, 9.17) is 4.74 Å². The number of fused-ring (bicyclic) bond motifs is 1. The van der Waals surface area contributed by atoms with Crippen molar-refractivity contribution in [3.05, 3.63) is 11.6 Å². The summed E-state index contributed by atoms with van der Waals surface area (Å²) < 4.78 is 5.82. The Kier molecular flexibility index (Phi) is 5.41. The van der Waals surface area contributed by atoms with E-state index in [-0.39, 0.29) is 0 Å². The average Bonchev–Trinajstić information content (AvgIpc) is 2.73. The standard InChI is InChI=1S/C15H26O/c1-2-4-6-9-14-10-8-11-15(14)13-16-12-7-5-3-1/h10,15H,1-9,11-13H2. The van der Waals surface area contributed by atoms with Crippen molar-refractivity contribution in [2.45, 2.75) is 64.2 Å². The van der Waals surface area contributed by atoms with Gasteiger partial charge in [0, 0.05) is 12.5 Å². The lowest BCUT2D eigenvalue weighted by Crippen LogP contribution is -2.10. The maximum absolute atomic E-state index is 5.82. The van der Waals surface area contributed by atoms with Crippen molar-refractivity contribution >= 4 is 0 Å². The van der Waals surface area contributed by atoms with E-state index in [9.17, 15) is 0 Å². The predicted molar refractivity (Wildman–Crippen MR) is 68.6 cm³/mol. The molecule has 1 nitrogen and oxygen atoms in total. The van der Waals surface area contributed by atoms with E-state index in [2.05, 4.69) is 6.08 Å². The van der Waals surface area contributed by atoms with Crippen molar-refractivity contribution in [3.8, 4) is 0 Å². The maximum Gasteiger partial charge on any atom is 0.0531 e. The zero-order valence-corrected chi connectivity index (χ0v) is 10.5. The number of hydrogen-bond donors (Lipinski definition) is 0. The third-order valence-corrected chi connectivity index (χ3v) is 4.02. The van der Waals surface area contributed by atoms with Crippen molar-refractivity contribution in [1.82, 2.24) is 0 Å². The summed E-state index contributed by atoms with van der Waals surface area (Å²) in [6.07, 6.45) is 16.2. The first-order valence-electron chi connectivity index (χ1n) is 7.23.